The average Bonchev–Trinajstić information content (AvgIpc) is 3.18. The molecule has 0 aliphatic carbocycles. The maximum Gasteiger partial charge on any atom is 0.253 e. The summed E-state index contributed by atoms with van der Waals surface area (Å²) in [7, 11) is 1.62. The van der Waals surface area contributed by atoms with Gasteiger partial charge in [0.1, 0.15) is 11.6 Å². The average molecular weight is 501 g/mol. The van der Waals surface area contributed by atoms with E-state index in [2.05, 4.69) is 30.5 Å². The predicted octanol–water partition coefficient (Wildman–Crippen LogP) is 3.36. The van der Waals surface area contributed by atoms with Crippen molar-refractivity contribution in [1.29, 1.82) is 0 Å². The molecule has 2 aromatic heterocycles. The van der Waals surface area contributed by atoms with Gasteiger partial charge in [-0.1, -0.05) is 6.07 Å². The highest BCUT2D eigenvalue weighted by molar-refractivity contribution is 5.96. The highest BCUT2D eigenvalue weighted by Gasteiger charge is 2.42. The molecule has 0 saturated carbocycles. The number of ether oxygens (including phenoxy) is 1. The lowest BCUT2D eigenvalue weighted by molar-refractivity contribution is 0.0923. The van der Waals surface area contributed by atoms with E-state index in [0.29, 0.717) is 35.4 Å². The smallest absolute Gasteiger partial charge is 0.253 e. The number of aromatic nitrogens is 3. The van der Waals surface area contributed by atoms with Crippen LogP contribution in [-0.2, 0) is 6.54 Å². The van der Waals surface area contributed by atoms with E-state index < -0.39 is 0 Å². The topological polar surface area (TPSA) is 109 Å². The highest BCUT2D eigenvalue weighted by atomic mass is 16.5. The SMILES string of the molecule is COc1cccc(C(=O)N[C@H]2C[C@H]3CC[C@@H](C2)N3c2ccc(C(=O)NCc3cnc(C)cn3)cn2)c1C. The first-order valence-corrected chi connectivity index (χ1v) is 12.7. The van der Waals surface area contributed by atoms with E-state index in [9.17, 15) is 9.59 Å². The second-order valence-electron chi connectivity index (χ2n) is 9.80. The maximum absolute atomic E-state index is 13.0. The molecule has 0 radical (unpaired) electrons. The minimum Gasteiger partial charge on any atom is -0.496 e. The van der Waals surface area contributed by atoms with Crippen LogP contribution in [0.25, 0.3) is 0 Å². The second kappa shape index (κ2) is 10.5. The number of hydrogen-bond donors (Lipinski definition) is 2. The van der Waals surface area contributed by atoms with E-state index >= 15 is 0 Å². The minimum atomic E-state index is -0.196. The molecule has 0 unspecified atom stereocenters. The minimum absolute atomic E-state index is 0.0561. The summed E-state index contributed by atoms with van der Waals surface area (Å²) in [6.45, 7) is 4.09. The monoisotopic (exact) mass is 500 g/mol. The van der Waals surface area contributed by atoms with Crippen molar-refractivity contribution in [2.75, 3.05) is 12.0 Å². The molecule has 5 rings (SSSR count). The van der Waals surface area contributed by atoms with Crippen LogP contribution in [0.1, 0.15) is 63.4 Å². The van der Waals surface area contributed by atoms with Crippen LogP contribution < -0.4 is 20.3 Å². The number of carbonyl (C=O) groups is 2. The highest BCUT2D eigenvalue weighted by Crippen LogP contribution is 2.38. The number of piperidine rings is 1. The van der Waals surface area contributed by atoms with Gasteiger partial charge in [-0.3, -0.25) is 19.6 Å². The van der Waals surface area contributed by atoms with Gasteiger partial charge >= 0.3 is 0 Å². The Bertz CT molecular complexity index is 1260. The van der Waals surface area contributed by atoms with Crippen LogP contribution in [0.3, 0.4) is 0 Å². The summed E-state index contributed by atoms with van der Waals surface area (Å²) in [5, 5.41) is 6.12. The summed E-state index contributed by atoms with van der Waals surface area (Å²) in [4.78, 5) is 41.0. The number of anilines is 1. The third kappa shape index (κ3) is 5.26. The van der Waals surface area contributed by atoms with E-state index in [1.807, 2.05) is 44.2 Å². The standard InChI is InChI=1S/C28H32N6O3/c1-17-13-30-21(15-29-17)16-32-27(35)19-7-10-26(31-14-19)34-22-8-9-23(34)12-20(11-22)33-28(36)24-5-4-6-25(37-3)18(24)2/h4-7,10,13-15,20,22-23H,8-9,11-12,16H2,1-3H3,(H,32,35)(H,33,36)/t20-,22+,23-. The van der Waals surface area contributed by atoms with Crippen molar-refractivity contribution in [2.24, 2.45) is 0 Å². The Morgan fingerprint density at radius 1 is 0.973 bits per heavy atom. The van der Waals surface area contributed by atoms with Crippen molar-refractivity contribution in [3.63, 3.8) is 0 Å². The van der Waals surface area contributed by atoms with Gasteiger partial charge in [-0.05, 0) is 63.8 Å². The van der Waals surface area contributed by atoms with Gasteiger partial charge < -0.3 is 20.3 Å². The van der Waals surface area contributed by atoms with Crippen LogP contribution in [0.15, 0.2) is 48.9 Å². The zero-order valence-corrected chi connectivity index (χ0v) is 21.4. The Hall–Kier alpha value is -4.01. The molecule has 2 N–H and O–H groups in total. The first-order chi connectivity index (χ1) is 17.9. The third-order valence-corrected chi connectivity index (χ3v) is 7.36. The van der Waals surface area contributed by atoms with E-state index in [4.69, 9.17) is 4.74 Å². The van der Waals surface area contributed by atoms with Gasteiger partial charge in [0.15, 0.2) is 0 Å². The van der Waals surface area contributed by atoms with Gasteiger partial charge in [0, 0.05) is 41.6 Å². The lowest BCUT2D eigenvalue weighted by Crippen LogP contribution is -2.50. The van der Waals surface area contributed by atoms with Gasteiger partial charge in [0.05, 0.1) is 36.8 Å². The largest absolute Gasteiger partial charge is 0.496 e. The van der Waals surface area contributed by atoms with E-state index in [0.717, 1.165) is 48.5 Å². The summed E-state index contributed by atoms with van der Waals surface area (Å²) in [5.41, 5.74) is 3.55. The molecule has 4 heterocycles. The van der Waals surface area contributed by atoms with Gasteiger partial charge in [0.2, 0.25) is 0 Å². The molecule has 37 heavy (non-hydrogen) atoms. The van der Waals surface area contributed by atoms with E-state index in [1.165, 1.54) is 0 Å². The predicted molar refractivity (Wildman–Crippen MR) is 140 cm³/mol. The van der Waals surface area contributed by atoms with Crippen molar-refractivity contribution in [3.8, 4) is 5.75 Å². The summed E-state index contributed by atoms with van der Waals surface area (Å²) in [6.07, 6.45) is 8.84. The molecule has 2 saturated heterocycles. The van der Waals surface area contributed by atoms with Crippen molar-refractivity contribution >= 4 is 17.6 Å². The lowest BCUT2D eigenvalue weighted by atomic mass is 9.96. The zero-order valence-electron chi connectivity index (χ0n) is 21.4. The molecule has 2 bridgehead atoms. The van der Waals surface area contributed by atoms with Gasteiger partial charge in [0.25, 0.3) is 11.8 Å². The van der Waals surface area contributed by atoms with Gasteiger partial charge in [-0.2, -0.15) is 0 Å². The Kier molecular flexibility index (Phi) is 7.03. The number of amides is 2. The molecule has 9 nitrogen and oxygen atoms in total. The van der Waals surface area contributed by atoms with Crippen LogP contribution in [0.5, 0.6) is 5.75 Å². The summed E-state index contributed by atoms with van der Waals surface area (Å²) in [5.74, 6) is 1.34. The van der Waals surface area contributed by atoms with E-state index in [-0.39, 0.29) is 17.9 Å². The fraction of sp³-hybridized carbons (Fsp3) is 0.393. The number of carbonyl (C=O) groups excluding carboxylic acids is 2. The molecule has 2 amide bonds. The Balaban J connectivity index is 1.19. The number of fused-ring (bicyclic) bond motifs is 2. The number of benzene rings is 1. The first kappa shape index (κ1) is 24.7. The van der Waals surface area contributed by atoms with Crippen molar-refractivity contribution < 1.29 is 14.3 Å². The zero-order chi connectivity index (χ0) is 25.9. The van der Waals surface area contributed by atoms with Crippen LogP contribution in [0.2, 0.25) is 0 Å². The molecular weight excluding hydrogens is 468 g/mol. The molecule has 0 spiro atoms. The summed E-state index contributed by atoms with van der Waals surface area (Å²) >= 11 is 0. The molecule has 2 fully saturated rings. The molecule has 2 aliphatic rings. The van der Waals surface area contributed by atoms with Crippen LogP contribution in [0.4, 0.5) is 5.82 Å². The number of nitrogens with zero attached hydrogens (tertiary/aromatic N) is 4. The van der Waals surface area contributed by atoms with Crippen LogP contribution in [0, 0.1) is 13.8 Å². The number of pyridine rings is 1. The van der Waals surface area contributed by atoms with Crippen LogP contribution >= 0.6 is 0 Å². The molecule has 1 aromatic carbocycles. The van der Waals surface area contributed by atoms with Gasteiger partial charge in [-0.15, -0.1) is 0 Å². The Morgan fingerprint density at radius 3 is 2.41 bits per heavy atom. The molecule has 9 heteroatoms. The van der Waals surface area contributed by atoms with E-state index in [1.54, 1.807) is 25.7 Å². The molecule has 192 valence electrons. The van der Waals surface area contributed by atoms with Crippen molar-refractivity contribution in [3.05, 3.63) is 77.0 Å². The van der Waals surface area contributed by atoms with Gasteiger partial charge in [-0.25, -0.2) is 4.98 Å². The third-order valence-electron chi connectivity index (χ3n) is 7.36. The number of aryl methyl sites for hydroxylation is 1. The summed E-state index contributed by atoms with van der Waals surface area (Å²) in [6, 6.07) is 10.0. The molecule has 2 aliphatic heterocycles. The van der Waals surface area contributed by atoms with Crippen molar-refractivity contribution in [2.45, 2.75) is 64.2 Å². The number of nitrogens with one attached hydrogen (secondary N) is 2. The quantitative estimate of drug-likeness (QED) is 0.512. The number of rotatable bonds is 7. The first-order valence-electron chi connectivity index (χ1n) is 12.7. The number of hydrogen-bond acceptors (Lipinski definition) is 7. The fourth-order valence-electron chi connectivity index (χ4n) is 5.47. The Morgan fingerprint density at radius 2 is 1.76 bits per heavy atom. The second-order valence-corrected chi connectivity index (χ2v) is 9.80. The normalized spacial score (nSPS) is 20.4. The molecular formula is C28H32N6O3. The van der Waals surface area contributed by atoms with Crippen LogP contribution in [-0.4, -0.2) is 52.0 Å². The Labute approximate surface area is 216 Å². The molecule has 3 aromatic rings. The maximum atomic E-state index is 13.0. The fourth-order valence-corrected chi connectivity index (χ4v) is 5.47. The number of methoxy groups -OCH3 is 1. The van der Waals surface area contributed by atoms with Crippen molar-refractivity contribution in [1.82, 2.24) is 25.6 Å². The molecule has 3 atom stereocenters. The summed E-state index contributed by atoms with van der Waals surface area (Å²) < 4.78 is 5.37. The lowest BCUT2D eigenvalue weighted by Gasteiger charge is -2.40.